The topological polar surface area (TPSA) is 52.3 Å². The number of hydrogen-bond donors (Lipinski definition) is 0. The van der Waals surface area contributed by atoms with Gasteiger partial charge in [-0.05, 0) is 18.0 Å². The van der Waals surface area contributed by atoms with Crippen molar-refractivity contribution in [1.29, 1.82) is 0 Å². The van der Waals surface area contributed by atoms with Crippen molar-refractivity contribution in [3.8, 4) is 0 Å². The number of nitrogens with zero attached hydrogens (tertiary/aromatic N) is 1. The first-order valence-corrected chi connectivity index (χ1v) is 4.60. The fraction of sp³-hybridized carbons (Fsp3) is 0.250. The molecule has 0 atom stereocenters. The van der Waals surface area contributed by atoms with Gasteiger partial charge in [0.05, 0.1) is 6.61 Å². The maximum Gasteiger partial charge on any atom is 0.360 e. The van der Waals surface area contributed by atoms with E-state index in [-0.39, 0.29) is 5.69 Å². The maximum atomic E-state index is 11.1. The van der Waals surface area contributed by atoms with Crippen LogP contribution in [0.3, 0.4) is 0 Å². The number of hydrogen-bond acceptors (Lipinski definition) is 4. The summed E-state index contributed by atoms with van der Waals surface area (Å²) in [6, 6.07) is 1.51. The Morgan fingerprint density at radius 1 is 1.85 bits per heavy atom. The molecule has 1 aromatic rings. The van der Waals surface area contributed by atoms with E-state index in [0.717, 1.165) is 0 Å². The zero-order valence-corrected chi connectivity index (χ0v) is 8.58. The van der Waals surface area contributed by atoms with Gasteiger partial charge in [-0.3, -0.25) is 0 Å². The summed E-state index contributed by atoms with van der Waals surface area (Å²) in [5.74, 6) is 0.0281. The zero-order valence-electron chi connectivity index (χ0n) is 6.99. The number of carbonyl (C=O) groups is 1. The second-order valence-electron chi connectivity index (χ2n) is 2.13. The summed E-state index contributed by atoms with van der Waals surface area (Å²) in [4.78, 5) is 12.7. The van der Waals surface area contributed by atoms with Gasteiger partial charge in [0, 0.05) is 6.07 Å². The molecule has 0 N–H and O–H groups in total. The van der Waals surface area contributed by atoms with Gasteiger partial charge in [0.15, 0.2) is 11.5 Å². The highest BCUT2D eigenvalue weighted by Gasteiger charge is 2.11. The van der Waals surface area contributed by atoms with Crippen LogP contribution in [0.15, 0.2) is 15.6 Å². The van der Waals surface area contributed by atoms with Crippen LogP contribution in [-0.4, -0.2) is 17.7 Å². The number of carbonyl (C=O) groups excluding carboxylic acids is 1. The van der Waals surface area contributed by atoms with Crippen LogP contribution in [0.4, 0.5) is 0 Å². The molecule has 13 heavy (non-hydrogen) atoms. The summed E-state index contributed by atoms with van der Waals surface area (Å²) in [5.41, 5.74) is 0.183. The largest absolute Gasteiger partial charge is 0.461 e. The summed E-state index contributed by atoms with van der Waals surface area (Å²) < 4.78 is 9.53. The van der Waals surface area contributed by atoms with Gasteiger partial charge < -0.3 is 9.26 Å². The number of aromatic nitrogens is 1. The summed E-state index contributed by atoms with van der Waals surface area (Å²) in [7, 11) is 0. The Bertz CT molecular complexity index is 319. The van der Waals surface area contributed by atoms with Crippen molar-refractivity contribution in [3.05, 3.63) is 22.5 Å². The van der Waals surface area contributed by atoms with Gasteiger partial charge in [-0.2, -0.15) is 0 Å². The molecule has 0 aliphatic heterocycles. The van der Waals surface area contributed by atoms with Crippen molar-refractivity contribution < 1.29 is 14.1 Å². The molecule has 0 saturated carbocycles. The third-order valence-corrected chi connectivity index (χ3v) is 1.50. The second-order valence-corrected chi connectivity index (χ2v) is 2.66. The van der Waals surface area contributed by atoms with Gasteiger partial charge in [-0.1, -0.05) is 21.1 Å². The predicted molar refractivity (Wildman–Crippen MR) is 50.4 cm³/mol. The first-order chi connectivity index (χ1) is 6.27. The Morgan fingerprint density at radius 2 is 2.62 bits per heavy atom. The molecule has 0 aliphatic rings. The Kier molecular flexibility index (Phi) is 3.70. The van der Waals surface area contributed by atoms with Crippen LogP contribution in [0.25, 0.3) is 6.08 Å². The second kappa shape index (κ2) is 4.81. The van der Waals surface area contributed by atoms with E-state index in [4.69, 9.17) is 9.26 Å². The van der Waals surface area contributed by atoms with Crippen molar-refractivity contribution in [2.45, 2.75) is 6.92 Å². The van der Waals surface area contributed by atoms with Crippen LogP contribution < -0.4 is 0 Å². The fourth-order valence-electron chi connectivity index (χ4n) is 0.731. The summed E-state index contributed by atoms with van der Waals surface area (Å²) in [5, 5.41) is 3.53. The molecule has 1 heterocycles. The average molecular weight is 246 g/mol. The van der Waals surface area contributed by atoms with Gasteiger partial charge in [0.2, 0.25) is 0 Å². The smallest absolute Gasteiger partial charge is 0.360 e. The van der Waals surface area contributed by atoms with Crippen LogP contribution in [0.5, 0.6) is 0 Å². The van der Waals surface area contributed by atoms with E-state index in [0.29, 0.717) is 12.4 Å². The SMILES string of the molecule is CCOC(=O)c1cc(/C=C/Br)on1. The standard InChI is InChI=1S/C8H8BrNO3/c1-2-12-8(11)7-5-6(3-4-9)13-10-7/h3-5H,2H2,1H3/b4-3+. The van der Waals surface area contributed by atoms with E-state index in [9.17, 15) is 4.79 Å². The minimum absolute atomic E-state index is 0.183. The molecule has 0 amide bonds. The summed E-state index contributed by atoms with van der Waals surface area (Å²) in [6.07, 6.45) is 1.63. The lowest BCUT2D eigenvalue weighted by atomic mass is 10.3. The number of rotatable bonds is 3. The molecule has 0 aromatic carbocycles. The maximum absolute atomic E-state index is 11.1. The van der Waals surface area contributed by atoms with E-state index in [1.54, 1.807) is 18.0 Å². The van der Waals surface area contributed by atoms with Gasteiger partial charge in [0.25, 0.3) is 0 Å². The van der Waals surface area contributed by atoms with E-state index in [1.807, 2.05) is 0 Å². The molecule has 1 rings (SSSR count). The minimum Gasteiger partial charge on any atom is -0.461 e. The molecule has 1 aromatic heterocycles. The first kappa shape index (κ1) is 9.98. The van der Waals surface area contributed by atoms with Crippen molar-refractivity contribution >= 4 is 28.0 Å². The highest BCUT2D eigenvalue weighted by molar-refractivity contribution is 9.11. The van der Waals surface area contributed by atoms with Crippen molar-refractivity contribution in [2.75, 3.05) is 6.61 Å². The van der Waals surface area contributed by atoms with Crippen molar-refractivity contribution in [3.63, 3.8) is 0 Å². The molecule has 5 heteroatoms. The molecule has 4 nitrogen and oxygen atoms in total. The molecule has 0 unspecified atom stereocenters. The van der Waals surface area contributed by atoms with E-state index < -0.39 is 5.97 Å². The highest BCUT2D eigenvalue weighted by atomic mass is 79.9. The molecule has 0 aliphatic carbocycles. The Morgan fingerprint density at radius 3 is 3.23 bits per heavy atom. The lowest BCUT2D eigenvalue weighted by Crippen LogP contribution is -2.04. The molecular formula is C8H8BrNO3. The van der Waals surface area contributed by atoms with Crippen LogP contribution in [-0.2, 0) is 4.74 Å². The molecular weight excluding hydrogens is 238 g/mol. The fourth-order valence-corrected chi connectivity index (χ4v) is 0.992. The van der Waals surface area contributed by atoms with Crippen LogP contribution in [0, 0.1) is 0 Å². The van der Waals surface area contributed by atoms with Gasteiger partial charge in [-0.25, -0.2) is 4.79 Å². The minimum atomic E-state index is -0.472. The van der Waals surface area contributed by atoms with Crippen molar-refractivity contribution in [1.82, 2.24) is 5.16 Å². The van der Waals surface area contributed by atoms with Gasteiger partial charge in [-0.15, -0.1) is 0 Å². The molecule has 0 fully saturated rings. The molecule has 0 spiro atoms. The van der Waals surface area contributed by atoms with E-state index >= 15 is 0 Å². The normalized spacial score (nSPS) is 10.6. The number of esters is 1. The predicted octanol–water partition coefficient (Wildman–Crippen LogP) is 2.22. The van der Waals surface area contributed by atoms with Crippen LogP contribution >= 0.6 is 15.9 Å². The molecule has 0 saturated heterocycles. The summed E-state index contributed by atoms with van der Waals surface area (Å²) >= 11 is 3.08. The van der Waals surface area contributed by atoms with Crippen LogP contribution in [0.1, 0.15) is 23.2 Å². The van der Waals surface area contributed by atoms with Gasteiger partial charge >= 0.3 is 5.97 Å². The quantitative estimate of drug-likeness (QED) is 0.767. The molecule has 0 bridgehead atoms. The van der Waals surface area contributed by atoms with E-state index in [2.05, 4.69) is 21.1 Å². The van der Waals surface area contributed by atoms with Gasteiger partial charge in [0.1, 0.15) is 0 Å². The Balaban J connectivity index is 2.73. The lowest BCUT2D eigenvalue weighted by molar-refractivity contribution is 0.0514. The Hall–Kier alpha value is -1.10. The van der Waals surface area contributed by atoms with E-state index in [1.165, 1.54) is 6.07 Å². The average Bonchev–Trinajstić information content (AvgIpc) is 2.54. The summed E-state index contributed by atoms with van der Waals surface area (Å²) in [6.45, 7) is 2.06. The highest BCUT2D eigenvalue weighted by Crippen LogP contribution is 2.07. The Labute approximate surface area is 83.7 Å². The monoisotopic (exact) mass is 245 g/mol. The third kappa shape index (κ3) is 2.69. The lowest BCUT2D eigenvalue weighted by Gasteiger charge is -1.94. The van der Waals surface area contributed by atoms with Crippen LogP contribution in [0.2, 0.25) is 0 Å². The zero-order chi connectivity index (χ0) is 9.68. The molecule has 0 radical (unpaired) electrons. The number of halogens is 1. The first-order valence-electron chi connectivity index (χ1n) is 3.68. The number of ether oxygens (including phenoxy) is 1. The molecule has 70 valence electrons. The third-order valence-electron chi connectivity index (χ3n) is 1.24. The van der Waals surface area contributed by atoms with Crippen molar-refractivity contribution in [2.24, 2.45) is 0 Å².